The minimum atomic E-state index is 0.756. The average molecular weight is 252 g/mol. The minimum Gasteiger partial charge on any atom is -0.350 e. The molecule has 1 N–H and O–H groups in total. The molecule has 1 aromatic carbocycles. The van der Waals surface area contributed by atoms with E-state index in [-0.39, 0.29) is 0 Å². The maximum Gasteiger partial charge on any atom is 0.115 e. The Labute approximate surface area is 112 Å². The number of para-hydroxylation sites is 1. The molecule has 0 fully saturated rings. The Kier molecular flexibility index (Phi) is 3.25. The largest absolute Gasteiger partial charge is 0.350 e. The van der Waals surface area contributed by atoms with Crippen molar-refractivity contribution in [3.63, 3.8) is 0 Å². The summed E-state index contributed by atoms with van der Waals surface area (Å²) in [5.74, 6) is 0. The van der Waals surface area contributed by atoms with E-state index in [9.17, 15) is 0 Å². The van der Waals surface area contributed by atoms with Gasteiger partial charge in [-0.15, -0.1) is 0 Å². The number of aryl methyl sites for hydroxylation is 1. The van der Waals surface area contributed by atoms with E-state index < -0.39 is 0 Å². The summed E-state index contributed by atoms with van der Waals surface area (Å²) in [4.78, 5) is 8.11. The molecule has 0 radical (unpaired) electrons. The zero-order chi connectivity index (χ0) is 13.1. The smallest absolute Gasteiger partial charge is 0.115 e. The lowest BCUT2D eigenvalue weighted by atomic mass is 10.2. The summed E-state index contributed by atoms with van der Waals surface area (Å²) in [5, 5.41) is 4.73. The summed E-state index contributed by atoms with van der Waals surface area (Å²) in [5.41, 5.74) is 3.59. The van der Waals surface area contributed by atoms with Crippen LogP contribution in [0.2, 0.25) is 0 Å². The highest BCUT2D eigenvalue weighted by molar-refractivity contribution is 5.83. The van der Waals surface area contributed by atoms with E-state index in [2.05, 4.69) is 57.4 Å². The molecule has 0 unspecified atom stereocenters. The van der Waals surface area contributed by atoms with Gasteiger partial charge >= 0.3 is 0 Å². The molecule has 4 heteroatoms. The van der Waals surface area contributed by atoms with Crippen molar-refractivity contribution in [1.82, 2.24) is 19.9 Å². The lowest BCUT2D eigenvalue weighted by Crippen LogP contribution is -2.13. The van der Waals surface area contributed by atoms with Gasteiger partial charge in [0.1, 0.15) is 6.33 Å². The molecule has 2 aromatic heterocycles. The summed E-state index contributed by atoms with van der Waals surface area (Å²) in [6.45, 7) is 1.59. The standard InChI is InChI=1S/C15H16N4/c1-19-10-12(14-4-2-3-5-15(14)19)8-17-9-13-6-7-16-11-18-13/h2-7,10-11,17H,8-9H2,1H3. The van der Waals surface area contributed by atoms with Crippen molar-refractivity contribution in [2.45, 2.75) is 13.1 Å². The molecule has 0 saturated heterocycles. The third kappa shape index (κ3) is 2.48. The second-order valence-corrected chi connectivity index (χ2v) is 4.59. The quantitative estimate of drug-likeness (QED) is 0.774. The van der Waals surface area contributed by atoms with Gasteiger partial charge in [0.25, 0.3) is 0 Å². The van der Waals surface area contributed by atoms with Gasteiger partial charge in [0.2, 0.25) is 0 Å². The normalized spacial score (nSPS) is 11.0. The first-order valence-corrected chi connectivity index (χ1v) is 6.33. The number of rotatable bonds is 4. The maximum atomic E-state index is 4.20. The van der Waals surface area contributed by atoms with E-state index in [4.69, 9.17) is 0 Å². The van der Waals surface area contributed by atoms with Crippen molar-refractivity contribution >= 4 is 10.9 Å². The van der Waals surface area contributed by atoms with Gasteiger partial charge in [0.15, 0.2) is 0 Å². The monoisotopic (exact) mass is 252 g/mol. The van der Waals surface area contributed by atoms with Crippen LogP contribution < -0.4 is 5.32 Å². The van der Waals surface area contributed by atoms with Crippen LogP contribution >= 0.6 is 0 Å². The van der Waals surface area contributed by atoms with Gasteiger partial charge in [-0.3, -0.25) is 0 Å². The molecule has 0 aliphatic carbocycles. The highest BCUT2D eigenvalue weighted by Gasteiger charge is 2.05. The van der Waals surface area contributed by atoms with E-state index in [0.717, 1.165) is 18.8 Å². The third-order valence-electron chi connectivity index (χ3n) is 3.24. The van der Waals surface area contributed by atoms with Gasteiger partial charge in [0, 0.05) is 43.4 Å². The summed E-state index contributed by atoms with van der Waals surface area (Å²) in [6, 6.07) is 10.4. The SMILES string of the molecule is Cn1cc(CNCc2ccncn2)c2ccccc21. The van der Waals surface area contributed by atoms with Gasteiger partial charge in [-0.05, 0) is 17.7 Å². The Balaban J connectivity index is 1.72. The molecule has 0 bridgehead atoms. The second kappa shape index (κ2) is 5.20. The molecule has 19 heavy (non-hydrogen) atoms. The van der Waals surface area contributed by atoms with Gasteiger partial charge < -0.3 is 9.88 Å². The van der Waals surface area contributed by atoms with Crippen LogP contribution in [0.1, 0.15) is 11.3 Å². The first-order valence-electron chi connectivity index (χ1n) is 6.33. The molecule has 0 aliphatic heterocycles. The molecule has 0 saturated carbocycles. The fourth-order valence-corrected chi connectivity index (χ4v) is 2.31. The zero-order valence-corrected chi connectivity index (χ0v) is 10.9. The topological polar surface area (TPSA) is 42.7 Å². The van der Waals surface area contributed by atoms with Crippen LogP contribution in [0.5, 0.6) is 0 Å². The van der Waals surface area contributed by atoms with Crippen molar-refractivity contribution in [1.29, 1.82) is 0 Å². The predicted octanol–water partition coefficient (Wildman–Crippen LogP) is 2.26. The maximum absolute atomic E-state index is 4.20. The highest BCUT2D eigenvalue weighted by Crippen LogP contribution is 2.19. The number of benzene rings is 1. The highest BCUT2D eigenvalue weighted by atomic mass is 14.9. The van der Waals surface area contributed by atoms with Gasteiger partial charge in [0.05, 0.1) is 5.69 Å². The average Bonchev–Trinajstić information content (AvgIpc) is 2.78. The Hall–Kier alpha value is -2.20. The number of fused-ring (bicyclic) bond motifs is 1. The van der Waals surface area contributed by atoms with Crippen LogP contribution in [-0.4, -0.2) is 14.5 Å². The van der Waals surface area contributed by atoms with Crippen molar-refractivity contribution < 1.29 is 0 Å². The molecule has 0 atom stereocenters. The van der Waals surface area contributed by atoms with E-state index in [1.54, 1.807) is 12.5 Å². The number of hydrogen-bond donors (Lipinski definition) is 1. The Morgan fingerprint density at radius 3 is 2.89 bits per heavy atom. The number of hydrogen-bond acceptors (Lipinski definition) is 3. The fourth-order valence-electron chi connectivity index (χ4n) is 2.31. The van der Waals surface area contributed by atoms with Crippen molar-refractivity contribution in [2.75, 3.05) is 0 Å². The Morgan fingerprint density at radius 1 is 1.16 bits per heavy atom. The van der Waals surface area contributed by atoms with Crippen molar-refractivity contribution in [3.05, 3.63) is 60.3 Å². The summed E-state index contributed by atoms with van der Waals surface area (Å²) < 4.78 is 2.16. The summed E-state index contributed by atoms with van der Waals surface area (Å²) in [6.07, 6.45) is 5.52. The van der Waals surface area contributed by atoms with Crippen molar-refractivity contribution in [2.24, 2.45) is 7.05 Å². The molecular formula is C15H16N4. The van der Waals surface area contributed by atoms with E-state index >= 15 is 0 Å². The molecule has 96 valence electrons. The molecule has 0 spiro atoms. The lowest BCUT2D eigenvalue weighted by Gasteiger charge is -2.03. The van der Waals surface area contributed by atoms with Crippen LogP contribution in [0, 0.1) is 0 Å². The second-order valence-electron chi connectivity index (χ2n) is 4.59. The minimum absolute atomic E-state index is 0.756. The number of aromatic nitrogens is 3. The van der Waals surface area contributed by atoms with Crippen LogP contribution in [0.3, 0.4) is 0 Å². The lowest BCUT2D eigenvalue weighted by molar-refractivity contribution is 0.679. The summed E-state index contributed by atoms with van der Waals surface area (Å²) in [7, 11) is 2.08. The zero-order valence-electron chi connectivity index (χ0n) is 10.9. The van der Waals surface area contributed by atoms with E-state index in [0.29, 0.717) is 0 Å². The van der Waals surface area contributed by atoms with Gasteiger partial charge in [-0.25, -0.2) is 9.97 Å². The molecule has 3 rings (SSSR count). The number of nitrogens with zero attached hydrogens (tertiary/aromatic N) is 3. The van der Waals surface area contributed by atoms with E-state index in [1.165, 1.54) is 16.5 Å². The van der Waals surface area contributed by atoms with Crippen LogP contribution in [0.15, 0.2) is 49.1 Å². The molecule has 4 nitrogen and oxygen atoms in total. The van der Waals surface area contributed by atoms with Crippen molar-refractivity contribution in [3.8, 4) is 0 Å². The Morgan fingerprint density at radius 2 is 2.05 bits per heavy atom. The molecule has 2 heterocycles. The third-order valence-corrected chi connectivity index (χ3v) is 3.24. The Bertz CT molecular complexity index is 673. The number of nitrogens with one attached hydrogen (secondary N) is 1. The molecule has 0 amide bonds. The van der Waals surface area contributed by atoms with Crippen LogP contribution in [-0.2, 0) is 20.1 Å². The summed E-state index contributed by atoms with van der Waals surface area (Å²) >= 11 is 0. The fraction of sp³-hybridized carbons (Fsp3) is 0.200. The van der Waals surface area contributed by atoms with Crippen LogP contribution in [0.4, 0.5) is 0 Å². The van der Waals surface area contributed by atoms with E-state index in [1.807, 2.05) is 6.07 Å². The predicted molar refractivity (Wildman–Crippen MR) is 75.5 cm³/mol. The first kappa shape index (κ1) is 11.9. The molecular weight excluding hydrogens is 236 g/mol. The first-order chi connectivity index (χ1) is 9.34. The van der Waals surface area contributed by atoms with Gasteiger partial charge in [-0.1, -0.05) is 18.2 Å². The van der Waals surface area contributed by atoms with Gasteiger partial charge in [-0.2, -0.15) is 0 Å². The molecule has 0 aliphatic rings. The van der Waals surface area contributed by atoms with Crippen LogP contribution in [0.25, 0.3) is 10.9 Å². The molecule has 3 aromatic rings.